The molecular weight excluding hydrogens is 229 g/mol. The number of benzene rings is 1. The van der Waals surface area contributed by atoms with Gasteiger partial charge >= 0.3 is 0 Å². The van der Waals surface area contributed by atoms with Crippen molar-refractivity contribution in [3.63, 3.8) is 0 Å². The Balaban J connectivity index is 2.20. The molecule has 4 heteroatoms. The molecule has 0 amide bonds. The number of hydrogen-bond acceptors (Lipinski definition) is 1. The Bertz CT molecular complexity index is 417. The molecule has 0 saturated heterocycles. The average Bonchev–Trinajstić information content (AvgIpc) is 2.61. The van der Waals surface area contributed by atoms with Crippen LogP contribution in [0.1, 0.15) is 36.5 Å². The van der Waals surface area contributed by atoms with E-state index in [0.29, 0.717) is 5.56 Å². The van der Waals surface area contributed by atoms with Crippen molar-refractivity contribution in [2.24, 2.45) is 5.92 Å². The number of aryl methyl sites for hydroxylation is 1. The van der Waals surface area contributed by atoms with Gasteiger partial charge in [-0.3, -0.25) is 0 Å². The standard InChI is InChI=1S/C13H15F3O/c1-8-2-3-10(14)6-11(8)12(17)9-4-5-13(15,16)7-9/h2-3,6,9,12,17H,4-5,7H2,1H3. The number of rotatable bonds is 2. The van der Waals surface area contributed by atoms with E-state index in [2.05, 4.69) is 0 Å². The van der Waals surface area contributed by atoms with Gasteiger partial charge in [-0.15, -0.1) is 0 Å². The van der Waals surface area contributed by atoms with E-state index in [9.17, 15) is 18.3 Å². The molecule has 0 aromatic heterocycles. The van der Waals surface area contributed by atoms with Crippen LogP contribution in [0, 0.1) is 18.7 Å². The van der Waals surface area contributed by atoms with Crippen LogP contribution in [0.2, 0.25) is 0 Å². The molecule has 1 fully saturated rings. The van der Waals surface area contributed by atoms with Gasteiger partial charge in [-0.05, 0) is 42.5 Å². The van der Waals surface area contributed by atoms with E-state index >= 15 is 0 Å². The predicted molar refractivity (Wildman–Crippen MR) is 58.4 cm³/mol. The highest BCUT2D eigenvalue weighted by Crippen LogP contribution is 2.44. The Hall–Kier alpha value is -1.03. The summed E-state index contributed by atoms with van der Waals surface area (Å²) in [6, 6.07) is 4.09. The van der Waals surface area contributed by atoms with Crippen molar-refractivity contribution in [2.45, 2.75) is 38.2 Å². The molecule has 94 valence electrons. The van der Waals surface area contributed by atoms with Crippen LogP contribution in [0.15, 0.2) is 18.2 Å². The molecule has 0 spiro atoms. The van der Waals surface area contributed by atoms with Crippen LogP contribution >= 0.6 is 0 Å². The summed E-state index contributed by atoms with van der Waals surface area (Å²) in [6.07, 6.45) is -1.23. The van der Waals surface area contributed by atoms with Crippen molar-refractivity contribution < 1.29 is 18.3 Å². The van der Waals surface area contributed by atoms with E-state index in [-0.39, 0.29) is 19.3 Å². The summed E-state index contributed by atoms with van der Waals surface area (Å²) in [5.74, 6) is -3.62. The van der Waals surface area contributed by atoms with Crippen molar-refractivity contribution in [3.8, 4) is 0 Å². The molecule has 1 aromatic carbocycles. The molecule has 1 N–H and O–H groups in total. The molecule has 0 aliphatic heterocycles. The lowest BCUT2D eigenvalue weighted by Gasteiger charge is -2.20. The van der Waals surface area contributed by atoms with Gasteiger partial charge in [0.2, 0.25) is 5.92 Å². The molecule has 0 heterocycles. The minimum Gasteiger partial charge on any atom is -0.388 e. The maximum Gasteiger partial charge on any atom is 0.248 e. The topological polar surface area (TPSA) is 20.2 Å². The molecule has 1 nitrogen and oxygen atoms in total. The summed E-state index contributed by atoms with van der Waals surface area (Å²) in [4.78, 5) is 0. The monoisotopic (exact) mass is 244 g/mol. The molecular formula is C13H15F3O. The van der Waals surface area contributed by atoms with Crippen molar-refractivity contribution >= 4 is 0 Å². The maximum absolute atomic E-state index is 13.1. The predicted octanol–water partition coefficient (Wildman–Crippen LogP) is 3.60. The zero-order valence-corrected chi connectivity index (χ0v) is 9.59. The summed E-state index contributed by atoms with van der Waals surface area (Å²) in [6.45, 7) is 1.74. The van der Waals surface area contributed by atoms with Crippen LogP contribution in [-0.4, -0.2) is 11.0 Å². The van der Waals surface area contributed by atoms with Crippen molar-refractivity contribution in [1.29, 1.82) is 0 Å². The first-order valence-electron chi connectivity index (χ1n) is 5.71. The molecule has 1 aliphatic carbocycles. The molecule has 2 atom stereocenters. The average molecular weight is 244 g/mol. The fraction of sp³-hybridized carbons (Fsp3) is 0.538. The molecule has 1 aromatic rings. The van der Waals surface area contributed by atoms with Gasteiger partial charge in [-0.1, -0.05) is 6.07 Å². The number of hydrogen-bond donors (Lipinski definition) is 1. The summed E-state index contributed by atoms with van der Waals surface area (Å²) in [7, 11) is 0. The zero-order chi connectivity index (χ0) is 12.6. The second-order valence-electron chi connectivity index (χ2n) is 4.80. The number of aliphatic hydroxyl groups is 1. The first-order valence-corrected chi connectivity index (χ1v) is 5.71. The van der Waals surface area contributed by atoms with Crippen molar-refractivity contribution in [3.05, 3.63) is 35.1 Å². The highest BCUT2D eigenvalue weighted by atomic mass is 19.3. The summed E-state index contributed by atoms with van der Waals surface area (Å²) < 4.78 is 39.2. The Kier molecular flexibility index (Phi) is 3.17. The van der Waals surface area contributed by atoms with Gasteiger partial charge < -0.3 is 5.11 Å². The van der Waals surface area contributed by atoms with Crippen molar-refractivity contribution in [2.75, 3.05) is 0 Å². The fourth-order valence-electron chi connectivity index (χ4n) is 2.44. The molecule has 1 saturated carbocycles. The fourth-order valence-corrected chi connectivity index (χ4v) is 2.44. The highest BCUT2D eigenvalue weighted by Gasteiger charge is 2.42. The smallest absolute Gasteiger partial charge is 0.248 e. The lowest BCUT2D eigenvalue weighted by atomic mass is 9.91. The second kappa shape index (κ2) is 4.33. The lowest BCUT2D eigenvalue weighted by Crippen LogP contribution is -2.15. The van der Waals surface area contributed by atoms with E-state index in [1.165, 1.54) is 12.1 Å². The van der Waals surface area contributed by atoms with Crippen LogP contribution in [0.25, 0.3) is 0 Å². The summed E-state index contributed by atoms with van der Waals surface area (Å²) >= 11 is 0. The van der Waals surface area contributed by atoms with Crippen LogP contribution in [0.5, 0.6) is 0 Å². The third-order valence-electron chi connectivity index (χ3n) is 3.45. The Labute approximate surface area is 98.3 Å². The molecule has 0 radical (unpaired) electrons. The minimum absolute atomic E-state index is 0.191. The number of aliphatic hydroxyl groups excluding tert-OH is 1. The quantitative estimate of drug-likeness (QED) is 0.842. The van der Waals surface area contributed by atoms with Gasteiger partial charge in [0.15, 0.2) is 0 Å². The van der Waals surface area contributed by atoms with E-state index in [0.717, 1.165) is 5.56 Å². The summed E-state index contributed by atoms with van der Waals surface area (Å²) in [5, 5.41) is 10.1. The normalized spacial score (nSPS) is 24.9. The first kappa shape index (κ1) is 12.4. The van der Waals surface area contributed by atoms with Gasteiger partial charge in [0, 0.05) is 12.8 Å². The van der Waals surface area contributed by atoms with E-state index in [4.69, 9.17) is 0 Å². The van der Waals surface area contributed by atoms with Gasteiger partial charge in [-0.25, -0.2) is 13.2 Å². The maximum atomic E-state index is 13.1. The van der Waals surface area contributed by atoms with Crippen molar-refractivity contribution in [1.82, 2.24) is 0 Å². The molecule has 2 rings (SSSR count). The van der Waals surface area contributed by atoms with Crippen LogP contribution in [-0.2, 0) is 0 Å². The zero-order valence-electron chi connectivity index (χ0n) is 9.59. The van der Waals surface area contributed by atoms with Gasteiger partial charge in [0.25, 0.3) is 0 Å². The van der Waals surface area contributed by atoms with Gasteiger partial charge in [-0.2, -0.15) is 0 Å². The van der Waals surface area contributed by atoms with E-state index < -0.39 is 23.8 Å². The molecule has 17 heavy (non-hydrogen) atoms. The second-order valence-corrected chi connectivity index (χ2v) is 4.80. The van der Waals surface area contributed by atoms with Crippen LogP contribution in [0.3, 0.4) is 0 Å². The third-order valence-corrected chi connectivity index (χ3v) is 3.45. The highest BCUT2D eigenvalue weighted by molar-refractivity contribution is 5.29. The number of alkyl halides is 2. The molecule has 0 bridgehead atoms. The molecule has 1 aliphatic rings. The minimum atomic E-state index is -2.69. The number of halogens is 3. The van der Waals surface area contributed by atoms with E-state index in [1.807, 2.05) is 0 Å². The van der Waals surface area contributed by atoms with Gasteiger partial charge in [0.1, 0.15) is 5.82 Å². The Morgan fingerprint density at radius 3 is 2.71 bits per heavy atom. The molecule has 2 unspecified atom stereocenters. The van der Waals surface area contributed by atoms with Crippen LogP contribution in [0.4, 0.5) is 13.2 Å². The summed E-state index contributed by atoms with van der Waals surface area (Å²) in [5.41, 5.74) is 1.15. The SMILES string of the molecule is Cc1ccc(F)cc1C(O)C1CCC(F)(F)C1. The third kappa shape index (κ3) is 2.63. The Morgan fingerprint density at radius 1 is 1.41 bits per heavy atom. The lowest BCUT2D eigenvalue weighted by molar-refractivity contribution is -0.00518. The largest absolute Gasteiger partial charge is 0.388 e. The first-order chi connectivity index (χ1) is 7.89. The van der Waals surface area contributed by atoms with Crippen LogP contribution < -0.4 is 0 Å². The van der Waals surface area contributed by atoms with Gasteiger partial charge in [0.05, 0.1) is 6.10 Å². The Morgan fingerprint density at radius 2 is 2.12 bits per heavy atom. The van der Waals surface area contributed by atoms with E-state index in [1.54, 1.807) is 13.0 Å².